The fourth-order valence-electron chi connectivity index (χ4n) is 1.96. The number of nitrogens with zero attached hydrogens (tertiary/aromatic N) is 1. The van der Waals surface area contributed by atoms with E-state index in [1.165, 1.54) is 0 Å². The third kappa shape index (κ3) is 2.13. The number of thiophene rings is 1. The molecule has 0 saturated heterocycles. The fraction of sp³-hybridized carbons (Fsp3) is 0.286. The van der Waals surface area contributed by atoms with Crippen LogP contribution in [0.4, 0.5) is 0 Å². The Kier molecular flexibility index (Phi) is 3.03. The first kappa shape index (κ1) is 12.6. The van der Waals surface area contributed by atoms with Crippen molar-refractivity contribution in [2.75, 3.05) is 0 Å². The molecule has 2 heterocycles. The standard InChI is InChI=1S/C14H13NO2S2/c1-7(16)8(2)17-11-6-12-13(15-9(3)19-12)14-10(11)4-5-18-14/h4-6,8H,1-3H3. The van der Waals surface area contributed by atoms with Gasteiger partial charge in [0, 0.05) is 11.5 Å². The monoisotopic (exact) mass is 291 g/mol. The molecule has 98 valence electrons. The highest BCUT2D eigenvalue weighted by molar-refractivity contribution is 7.21. The van der Waals surface area contributed by atoms with E-state index in [4.69, 9.17) is 4.74 Å². The highest BCUT2D eigenvalue weighted by atomic mass is 32.1. The lowest BCUT2D eigenvalue weighted by molar-refractivity contribution is -0.122. The number of fused-ring (bicyclic) bond motifs is 3. The number of aryl methyl sites for hydroxylation is 1. The van der Waals surface area contributed by atoms with Crippen LogP contribution >= 0.6 is 22.7 Å². The molecule has 19 heavy (non-hydrogen) atoms. The summed E-state index contributed by atoms with van der Waals surface area (Å²) in [7, 11) is 0. The summed E-state index contributed by atoms with van der Waals surface area (Å²) >= 11 is 3.31. The first-order valence-electron chi connectivity index (χ1n) is 6.00. The number of rotatable bonds is 3. The lowest BCUT2D eigenvalue weighted by Crippen LogP contribution is -2.20. The van der Waals surface area contributed by atoms with Crippen LogP contribution in [0, 0.1) is 6.92 Å². The van der Waals surface area contributed by atoms with E-state index in [0.717, 1.165) is 31.1 Å². The number of hydrogen-bond acceptors (Lipinski definition) is 5. The number of ether oxygens (including phenoxy) is 1. The molecule has 0 N–H and O–H groups in total. The Morgan fingerprint density at radius 1 is 1.47 bits per heavy atom. The van der Waals surface area contributed by atoms with Gasteiger partial charge in [-0.25, -0.2) is 4.98 Å². The SMILES string of the molecule is CC(=O)C(C)Oc1cc2sc(C)nc2c2sccc12. The van der Waals surface area contributed by atoms with Gasteiger partial charge in [-0.1, -0.05) is 0 Å². The molecule has 3 nitrogen and oxygen atoms in total. The molecule has 3 rings (SSSR count). The van der Waals surface area contributed by atoms with E-state index >= 15 is 0 Å². The summed E-state index contributed by atoms with van der Waals surface area (Å²) in [5, 5.41) is 4.11. The average molecular weight is 291 g/mol. The summed E-state index contributed by atoms with van der Waals surface area (Å²) in [6, 6.07) is 4.02. The summed E-state index contributed by atoms with van der Waals surface area (Å²) in [5.41, 5.74) is 1.04. The Morgan fingerprint density at radius 3 is 3.00 bits per heavy atom. The normalized spacial score (nSPS) is 13.0. The molecule has 0 aliphatic rings. The number of benzene rings is 1. The Balaban J connectivity index is 2.21. The van der Waals surface area contributed by atoms with Crippen molar-refractivity contribution >= 4 is 48.8 Å². The molecular formula is C14H13NO2S2. The van der Waals surface area contributed by atoms with Gasteiger partial charge >= 0.3 is 0 Å². The van der Waals surface area contributed by atoms with Crippen molar-refractivity contribution in [1.29, 1.82) is 0 Å². The Bertz CT molecular complexity index is 772. The van der Waals surface area contributed by atoms with Gasteiger partial charge in [0.25, 0.3) is 0 Å². The van der Waals surface area contributed by atoms with Crippen molar-refractivity contribution in [2.24, 2.45) is 0 Å². The Morgan fingerprint density at radius 2 is 2.26 bits per heavy atom. The smallest absolute Gasteiger partial charge is 0.169 e. The summed E-state index contributed by atoms with van der Waals surface area (Å²) in [4.78, 5) is 15.9. The van der Waals surface area contributed by atoms with Gasteiger partial charge < -0.3 is 4.74 Å². The van der Waals surface area contributed by atoms with Crippen molar-refractivity contribution < 1.29 is 9.53 Å². The molecule has 0 fully saturated rings. The minimum absolute atomic E-state index is 0.0314. The second-order valence-electron chi connectivity index (χ2n) is 4.49. The molecule has 5 heteroatoms. The van der Waals surface area contributed by atoms with Crippen LogP contribution in [0.3, 0.4) is 0 Å². The second kappa shape index (κ2) is 4.58. The van der Waals surface area contributed by atoms with Crippen LogP contribution < -0.4 is 4.74 Å². The fourth-order valence-corrected chi connectivity index (χ4v) is 3.79. The number of hydrogen-bond donors (Lipinski definition) is 0. The van der Waals surface area contributed by atoms with Gasteiger partial charge in [-0.3, -0.25) is 4.79 Å². The maximum atomic E-state index is 11.4. The summed E-state index contributed by atoms with van der Waals surface area (Å²) in [5.74, 6) is 0.805. The molecule has 0 radical (unpaired) electrons. The number of carbonyl (C=O) groups excluding carboxylic acids is 1. The molecule has 2 aromatic heterocycles. The Labute approximate surface area is 118 Å². The van der Waals surface area contributed by atoms with Crippen LogP contribution in [0.25, 0.3) is 20.3 Å². The van der Waals surface area contributed by atoms with Gasteiger partial charge in [0.2, 0.25) is 0 Å². The topological polar surface area (TPSA) is 39.2 Å². The predicted octanol–water partition coefficient (Wildman–Crippen LogP) is 4.18. The lowest BCUT2D eigenvalue weighted by Gasteiger charge is -2.12. The zero-order chi connectivity index (χ0) is 13.6. The van der Waals surface area contributed by atoms with Crippen LogP contribution in [0.1, 0.15) is 18.9 Å². The van der Waals surface area contributed by atoms with Gasteiger partial charge in [0.05, 0.1) is 19.9 Å². The number of thiazole rings is 1. The van der Waals surface area contributed by atoms with Crippen LogP contribution in [0.15, 0.2) is 17.5 Å². The zero-order valence-corrected chi connectivity index (χ0v) is 12.5. The number of aromatic nitrogens is 1. The number of carbonyl (C=O) groups is 1. The average Bonchev–Trinajstić information content (AvgIpc) is 2.93. The molecule has 0 aliphatic heterocycles. The highest BCUT2D eigenvalue weighted by Crippen LogP contribution is 2.39. The molecular weight excluding hydrogens is 278 g/mol. The maximum absolute atomic E-state index is 11.4. The third-order valence-corrected chi connectivity index (χ3v) is 4.88. The van der Waals surface area contributed by atoms with Gasteiger partial charge in [0.15, 0.2) is 11.9 Å². The minimum atomic E-state index is -0.422. The minimum Gasteiger partial charge on any atom is -0.482 e. The molecule has 0 saturated carbocycles. The molecule has 0 amide bonds. The van der Waals surface area contributed by atoms with Crippen LogP contribution in [0.2, 0.25) is 0 Å². The Hall–Kier alpha value is -1.46. The molecule has 0 spiro atoms. The van der Waals surface area contributed by atoms with E-state index < -0.39 is 6.10 Å². The zero-order valence-electron chi connectivity index (χ0n) is 10.9. The van der Waals surface area contributed by atoms with Crippen molar-refractivity contribution in [3.05, 3.63) is 22.5 Å². The second-order valence-corrected chi connectivity index (χ2v) is 6.64. The van der Waals surface area contributed by atoms with E-state index in [0.29, 0.717) is 0 Å². The van der Waals surface area contributed by atoms with Gasteiger partial charge in [0.1, 0.15) is 5.75 Å². The van der Waals surface area contributed by atoms with Crippen molar-refractivity contribution in [1.82, 2.24) is 4.98 Å². The van der Waals surface area contributed by atoms with E-state index in [1.54, 1.807) is 36.5 Å². The van der Waals surface area contributed by atoms with E-state index in [2.05, 4.69) is 4.98 Å². The van der Waals surface area contributed by atoms with Gasteiger partial charge in [-0.15, -0.1) is 22.7 Å². The highest BCUT2D eigenvalue weighted by Gasteiger charge is 2.16. The summed E-state index contributed by atoms with van der Waals surface area (Å²) in [6.45, 7) is 5.33. The molecule has 3 aromatic rings. The summed E-state index contributed by atoms with van der Waals surface area (Å²) in [6.07, 6.45) is -0.422. The van der Waals surface area contributed by atoms with E-state index in [9.17, 15) is 4.79 Å². The first-order chi connectivity index (χ1) is 9.06. The van der Waals surface area contributed by atoms with Crippen LogP contribution in [0.5, 0.6) is 5.75 Å². The third-order valence-electron chi connectivity index (χ3n) is 3.04. The van der Waals surface area contributed by atoms with E-state index in [1.807, 2.05) is 24.4 Å². The van der Waals surface area contributed by atoms with Crippen molar-refractivity contribution in [3.8, 4) is 5.75 Å². The number of ketones is 1. The van der Waals surface area contributed by atoms with Gasteiger partial charge in [-0.2, -0.15) is 0 Å². The predicted molar refractivity (Wildman–Crippen MR) is 80.5 cm³/mol. The molecule has 0 bridgehead atoms. The van der Waals surface area contributed by atoms with Crippen molar-refractivity contribution in [3.63, 3.8) is 0 Å². The lowest BCUT2D eigenvalue weighted by atomic mass is 10.2. The molecule has 1 unspecified atom stereocenters. The summed E-state index contributed by atoms with van der Waals surface area (Å²) < 4.78 is 8.04. The van der Waals surface area contributed by atoms with Crippen molar-refractivity contribution in [2.45, 2.75) is 26.9 Å². The first-order valence-corrected chi connectivity index (χ1v) is 7.70. The number of Topliss-reactive ketones (excluding diaryl/α,β-unsaturated/α-hetero) is 1. The van der Waals surface area contributed by atoms with Gasteiger partial charge in [-0.05, 0) is 32.2 Å². The quantitative estimate of drug-likeness (QED) is 0.727. The largest absolute Gasteiger partial charge is 0.482 e. The van der Waals surface area contributed by atoms with E-state index in [-0.39, 0.29) is 5.78 Å². The van der Waals surface area contributed by atoms with Crippen LogP contribution in [-0.2, 0) is 4.79 Å². The molecule has 1 atom stereocenters. The molecule has 0 aliphatic carbocycles. The van der Waals surface area contributed by atoms with Crippen LogP contribution in [-0.4, -0.2) is 16.9 Å². The molecule has 1 aromatic carbocycles. The maximum Gasteiger partial charge on any atom is 0.169 e.